The summed E-state index contributed by atoms with van der Waals surface area (Å²) in [4.78, 5) is 16.6. The van der Waals surface area contributed by atoms with Crippen LogP contribution < -0.4 is 0 Å². The molecule has 1 aliphatic carbocycles. The zero-order valence-corrected chi connectivity index (χ0v) is 24.2. The van der Waals surface area contributed by atoms with E-state index in [1.54, 1.807) is 24.1 Å². The molecular weight excluding hydrogens is 548 g/mol. The average molecular weight is 587 g/mol. The molecule has 2 atom stereocenters. The standard InChI is InChI=1S/C30H39ClF4N2O3/c1-5-37(6-2)26(24-18-21(31)12-15-25(24)32)16-17-36(4)28(29(38)39)23-9-7-8-19(3)27(23)20-10-13-22(14-11-20)40-30(33,34)35/h7-9,12,15,18,20,22,26,28H,5-6,10-11,13-14,16-17H2,1-4H3,(H,38,39)/t20?,22?,26-,28?/m0/s1. The predicted molar refractivity (Wildman–Crippen MR) is 148 cm³/mol. The number of nitrogens with zero attached hydrogens (tertiary/aromatic N) is 2. The number of halogens is 5. The van der Waals surface area contributed by atoms with E-state index < -0.39 is 24.5 Å². The zero-order chi connectivity index (χ0) is 29.6. The maximum Gasteiger partial charge on any atom is 0.522 e. The second-order valence-electron chi connectivity index (χ2n) is 10.5. The summed E-state index contributed by atoms with van der Waals surface area (Å²) in [5.41, 5.74) is 2.92. The zero-order valence-electron chi connectivity index (χ0n) is 23.5. The number of likely N-dealkylation sites (N-methyl/N-ethyl adjacent to an activating group) is 1. The van der Waals surface area contributed by atoms with Gasteiger partial charge in [-0.15, -0.1) is 13.2 Å². The molecule has 1 saturated carbocycles. The first-order valence-electron chi connectivity index (χ1n) is 13.8. The summed E-state index contributed by atoms with van der Waals surface area (Å²) in [6.07, 6.45) is -3.62. The van der Waals surface area contributed by atoms with Crippen LogP contribution in [0.4, 0.5) is 17.6 Å². The van der Waals surface area contributed by atoms with Crippen molar-refractivity contribution in [3.63, 3.8) is 0 Å². The molecule has 1 fully saturated rings. The molecule has 0 aliphatic heterocycles. The molecule has 0 radical (unpaired) electrons. The number of alkyl halides is 3. The summed E-state index contributed by atoms with van der Waals surface area (Å²) < 4.78 is 57.3. The van der Waals surface area contributed by atoms with Crippen molar-refractivity contribution in [2.24, 2.45) is 0 Å². The minimum atomic E-state index is -4.67. The Labute approximate surface area is 239 Å². The fourth-order valence-corrected chi connectivity index (χ4v) is 6.32. The van der Waals surface area contributed by atoms with Crippen LogP contribution in [-0.4, -0.2) is 60.0 Å². The lowest BCUT2D eigenvalue weighted by Gasteiger charge is -2.35. The van der Waals surface area contributed by atoms with Gasteiger partial charge in [-0.2, -0.15) is 0 Å². The molecule has 1 unspecified atom stereocenters. The summed E-state index contributed by atoms with van der Waals surface area (Å²) in [5.74, 6) is -1.44. The van der Waals surface area contributed by atoms with Crippen LogP contribution in [0.5, 0.6) is 0 Å². The first kappa shape index (κ1) is 32.3. The van der Waals surface area contributed by atoms with E-state index in [4.69, 9.17) is 11.6 Å². The third-order valence-electron chi connectivity index (χ3n) is 8.04. The summed E-state index contributed by atoms with van der Waals surface area (Å²) in [6.45, 7) is 7.63. The SMILES string of the molecule is CCN(CC)[C@@H](CCN(C)C(C(=O)O)c1cccc(C)c1C1CCC(OC(F)(F)F)CC1)c1cc(Cl)ccc1F. The van der Waals surface area contributed by atoms with Gasteiger partial charge >= 0.3 is 12.3 Å². The maximum absolute atomic E-state index is 14.9. The number of hydrogen-bond donors (Lipinski definition) is 1. The monoisotopic (exact) mass is 586 g/mol. The van der Waals surface area contributed by atoms with Gasteiger partial charge in [-0.3, -0.25) is 19.3 Å². The van der Waals surface area contributed by atoms with Crippen molar-refractivity contribution in [2.45, 2.75) is 83.3 Å². The summed E-state index contributed by atoms with van der Waals surface area (Å²) >= 11 is 6.20. The quantitative estimate of drug-likeness (QED) is 0.256. The molecule has 0 saturated heterocycles. The van der Waals surface area contributed by atoms with Gasteiger partial charge in [-0.1, -0.05) is 43.6 Å². The van der Waals surface area contributed by atoms with Crippen molar-refractivity contribution in [1.82, 2.24) is 9.80 Å². The van der Waals surface area contributed by atoms with Crippen molar-refractivity contribution in [2.75, 3.05) is 26.7 Å². The van der Waals surface area contributed by atoms with Crippen LogP contribution in [0, 0.1) is 12.7 Å². The van der Waals surface area contributed by atoms with E-state index in [1.165, 1.54) is 12.1 Å². The molecule has 2 aromatic rings. The highest BCUT2D eigenvalue weighted by molar-refractivity contribution is 6.30. The number of rotatable bonds is 12. The molecule has 40 heavy (non-hydrogen) atoms. The van der Waals surface area contributed by atoms with Crippen molar-refractivity contribution in [3.8, 4) is 0 Å². The molecule has 3 rings (SSSR count). The number of carboxylic acid groups (broad SMARTS) is 1. The number of aliphatic carboxylic acids is 1. The van der Waals surface area contributed by atoms with E-state index in [1.807, 2.05) is 32.9 Å². The van der Waals surface area contributed by atoms with Crippen LogP contribution in [0.2, 0.25) is 5.02 Å². The maximum atomic E-state index is 14.9. The van der Waals surface area contributed by atoms with Crippen LogP contribution in [0.3, 0.4) is 0 Å². The van der Waals surface area contributed by atoms with Crippen LogP contribution >= 0.6 is 11.6 Å². The molecule has 0 aromatic heterocycles. The molecule has 1 N–H and O–H groups in total. The van der Waals surface area contributed by atoms with Crippen molar-refractivity contribution in [3.05, 3.63) is 69.5 Å². The highest BCUT2D eigenvalue weighted by atomic mass is 35.5. The molecule has 0 spiro atoms. The first-order chi connectivity index (χ1) is 18.9. The lowest BCUT2D eigenvalue weighted by molar-refractivity contribution is -0.345. The number of benzene rings is 2. The fraction of sp³-hybridized carbons (Fsp3) is 0.567. The molecule has 1 aliphatic rings. The Kier molecular flexibility index (Phi) is 11.4. The van der Waals surface area contributed by atoms with Gasteiger partial charge in [0.05, 0.1) is 6.10 Å². The Hall–Kier alpha value is -2.20. The topological polar surface area (TPSA) is 53.0 Å². The van der Waals surface area contributed by atoms with Crippen LogP contribution in [0.1, 0.15) is 86.2 Å². The van der Waals surface area contributed by atoms with Crippen LogP contribution in [0.15, 0.2) is 36.4 Å². The molecule has 5 nitrogen and oxygen atoms in total. The van der Waals surface area contributed by atoms with Gasteiger partial charge < -0.3 is 5.11 Å². The van der Waals surface area contributed by atoms with E-state index in [-0.39, 0.29) is 30.6 Å². The van der Waals surface area contributed by atoms with Gasteiger partial charge in [0, 0.05) is 23.2 Å². The van der Waals surface area contributed by atoms with E-state index in [0.717, 1.165) is 11.1 Å². The highest BCUT2D eigenvalue weighted by Crippen LogP contribution is 2.41. The Bertz CT molecular complexity index is 1130. The summed E-state index contributed by atoms with van der Waals surface area (Å²) in [5, 5.41) is 10.8. The molecule has 10 heteroatoms. The van der Waals surface area contributed by atoms with E-state index in [0.29, 0.717) is 55.0 Å². The van der Waals surface area contributed by atoms with Crippen molar-refractivity contribution < 1.29 is 32.2 Å². The van der Waals surface area contributed by atoms with Gasteiger partial charge in [-0.05, 0) is 100.0 Å². The minimum Gasteiger partial charge on any atom is -0.480 e. The number of aryl methyl sites for hydroxylation is 1. The normalized spacial score (nSPS) is 19.7. The van der Waals surface area contributed by atoms with Crippen LogP contribution in [0.25, 0.3) is 0 Å². The first-order valence-corrected chi connectivity index (χ1v) is 14.2. The number of ether oxygens (including phenoxy) is 1. The summed E-state index contributed by atoms with van der Waals surface area (Å²) in [7, 11) is 1.74. The van der Waals surface area contributed by atoms with Gasteiger partial charge in [0.1, 0.15) is 11.9 Å². The molecular formula is C30H39ClF4N2O3. The van der Waals surface area contributed by atoms with E-state index in [9.17, 15) is 27.5 Å². The van der Waals surface area contributed by atoms with Crippen LogP contribution in [-0.2, 0) is 9.53 Å². The second kappa shape index (κ2) is 14.1. The van der Waals surface area contributed by atoms with Gasteiger partial charge in [0.15, 0.2) is 0 Å². The van der Waals surface area contributed by atoms with E-state index in [2.05, 4.69) is 9.64 Å². The Morgan fingerprint density at radius 2 is 1.75 bits per heavy atom. The number of carboxylic acids is 1. The van der Waals surface area contributed by atoms with Crippen molar-refractivity contribution in [1.29, 1.82) is 0 Å². The Morgan fingerprint density at radius 3 is 2.33 bits per heavy atom. The predicted octanol–water partition coefficient (Wildman–Crippen LogP) is 7.88. The van der Waals surface area contributed by atoms with Crippen molar-refractivity contribution >= 4 is 17.6 Å². The molecule has 0 bridgehead atoms. The lowest BCUT2D eigenvalue weighted by Crippen LogP contribution is -2.36. The molecule has 222 valence electrons. The smallest absolute Gasteiger partial charge is 0.480 e. The third kappa shape index (κ3) is 8.18. The minimum absolute atomic E-state index is 0.0662. The number of carbonyl (C=O) groups is 1. The lowest BCUT2D eigenvalue weighted by atomic mass is 9.77. The average Bonchev–Trinajstić information content (AvgIpc) is 2.88. The second-order valence-corrected chi connectivity index (χ2v) is 11.0. The largest absolute Gasteiger partial charge is 0.522 e. The Balaban J connectivity index is 1.85. The molecule has 2 aromatic carbocycles. The Morgan fingerprint density at radius 1 is 1.10 bits per heavy atom. The van der Waals surface area contributed by atoms with Gasteiger partial charge in [-0.25, -0.2) is 4.39 Å². The summed E-state index contributed by atoms with van der Waals surface area (Å²) in [6, 6.07) is 8.75. The third-order valence-corrected chi connectivity index (χ3v) is 8.27. The van der Waals surface area contributed by atoms with Gasteiger partial charge in [0.25, 0.3) is 0 Å². The highest BCUT2D eigenvalue weighted by Gasteiger charge is 2.37. The molecule has 0 amide bonds. The number of hydrogen-bond acceptors (Lipinski definition) is 4. The van der Waals surface area contributed by atoms with Gasteiger partial charge in [0.2, 0.25) is 0 Å². The fourth-order valence-electron chi connectivity index (χ4n) is 6.14. The molecule has 0 heterocycles. The van der Waals surface area contributed by atoms with E-state index >= 15 is 0 Å².